The van der Waals surface area contributed by atoms with Crippen LogP contribution in [0.5, 0.6) is 0 Å². The van der Waals surface area contributed by atoms with E-state index in [0.717, 1.165) is 39.0 Å². The minimum atomic E-state index is -0.701. The summed E-state index contributed by atoms with van der Waals surface area (Å²) in [5.74, 6) is -3.50. The molecule has 18 heteroatoms. The Labute approximate surface area is 417 Å². The van der Waals surface area contributed by atoms with Gasteiger partial charge in [-0.15, -0.1) is 0 Å². The maximum Gasteiger partial charge on any atom is 0.265 e. The largest absolute Gasteiger partial charge is 0.364 e. The van der Waals surface area contributed by atoms with Crippen LogP contribution in [0.1, 0.15) is 48.2 Å². The van der Waals surface area contributed by atoms with Gasteiger partial charge in [-0.3, -0.25) is 14.4 Å². The van der Waals surface area contributed by atoms with Gasteiger partial charge < -0.3 is 31.3 Å². The number of nitrogens with zero attached hydrogens (tertiary/aromatic N) is 2. The van der Waals surface area contributed by atoms with Crippen molar-refractivity contribution >= 4 is 120 Å². The van der Waals surface area contributed by atoms with Crippen LogP contribution in [0.3, 0.4) is 0 Å². The molecule has 68 heavy (non-hydrogen) atoms. The molecule has 7 N–H and O–H groups in total. The molecule has 9 aromatic rings. The Kier molecular flexibility index (Phi) is 14.3. The van der Waals surface area contributed by atoms with Gasteiger partial charge in [-0.25, -0.2) is 13.2 Å². The Morgan fingerprint density at radius 1 is 0.485 bits per heavy atom. The lowest BCUT2D eigenvalue weighted by molar-refractivity contribution is 0.0984. The van der Waals surface area contributed by atoms with Gasteiger partial charge in [-0.05, 0) is 116 Å². The van der Waals surface area contributed by atoms with E-state index in [2.05, 4.69) is 4.98 Å². The average Bonchev–Trinajstić information content (AvgIpc) is 3.82. The first-order chi connectivity index (χ1) is 32.0. The van der Waals surface area contributed by atoms with Crippen LogP contribution in [0.2, 0.25) is 30.1 Å². The molecule has 6 aromatic carbocycles. The fourth-order valence-corrected chi connectivity index (χ4v) is 9.81. The molecule has 0 aliphatic heterocycles. The van der Waals surface area contributed by atoms with E-state index in [-0.39, 0.29) is 10.6 Å². The third-order valence-electron chi connectivity index (χ3n) is 11.5. The molecule has 0 unspecified atom stereocenters. The number of carbonyl (C=O) groups excluding carboxylic acids is 3. The number of benzene rings is 6. The number of nitrogens with two attached hydrogens (primary N) is 3. The van der Waals surface area contributed by atoms with Crippen molar-refractivity contribution in [3.8, 4) is 33.4 Å². The Bertz CT molecular complexity index is 3430. The lowest BCUT2D eigenvalue weighted by Crippen LogP contribution is -2.16. The molecule has 0 fully saturated rings. The zero-order chi connectivity index (χ0) is 49.8. The Morgan fingerprint density at radius 2 is 0.985 bits per heavy atom. The summed E-state index contributed by atoms with van der Waals surface area (Å²) in [6.07, 6.45) is 0. The van der Waals surface area contributed by atoms with Crippen LogP contribution in [0.25, 0.3) is 66.1 Å². The van der Waals surface area contributed by atoms with Gasteiger partial charge >= 0.3 is 0 Å². The fraction of sp³-hybridized carbons (Fsp3) is 0.100. The summed E-state index contributed by atoms with van der Waals surface area (Å²) < 4.78 is 44.5. The number of nitrogens with one attached hydrogen (secondary N) is 1. The van der Waals surface area contributed by atoms with Crippen LogP contribution in [0.4, 0.5) is 13.2 Å². The minimum Gasteiger partial charge on any atom is -0.364 e. The van der Waals surface area contributed by atoms with Crippen molar-refractivity contribution in [1.29, 1.82) is 0 Å². The molecule has 0 aliphatic rings. The molecule has 9 rings (SSSR count). The summed E-state index contributed by atoms with van der Waals surface area (Å²) >= 11 is 36.6. The van der Waals surface area contributed by atoms with Gasteiger partial charge in [0.2, 0.25) is 0 Å². The zero-order valence-corrected chi connectivity index (χ0v) is 40.9. The Morgan fingerprint density at radius 3 is 1.47 bits per heavy atom. The number of amides is 3. The van der Waals surface area contributed by atoms with E-state index < -0.39 is 35.2 Å². The van der Waals surface area contributed by atoms with Crippen molar-refractivity contribution < 1.29 is 27.6 Å². The predicted molar refractivity (Wildman–Crippen MR) is 270 cm³/mol. The summed E-state index contributed by atoms with van der Waals surface area (Å²) in [6, 6.07) is 23.5. The van der Waals surface area contributed by atoms with Crippen LogP contribution in [0.15, 0.2) is 91.0 Å². The molecule has 3 amide bonds. The molecular formula is C50H37Cl6F3N6O3. The number of aromatic nitrogens is 3. The standard InChI is InChI=1S/C17H13Cl3N2O.C17H13ClF2N2O.C16H11Cl2FN2O/c1-8-12-5-10(19)6-13(11-4-3-9(18)7-14(11)20)16(12)22(2)15(8)17(21)23;1-8-12-5-9(18)6-13(11-4-3-10(19)7-14(11)20)16(12)22(2)15(8)17(21)23;1-7-10-5-9(17)6-11(15(10)21-14(7)16(20)22)8-2-3-12(18)13(19)4-8/h2*3-7H,1-2H3,(H2,21,23);2-6,21H,1H3,(H2,20,22). The quantitative estimate of drug-likeness (QED) is 0.131. The number of primary amides is 3. The molecule has 0 atom stereocenters. The third kappa shape index (κ3) is 9.37. The molecule has 3 heterocycles. The highest BCUT2D eigenvalue weighted by atomic mass is 35.5. The van der Waals surface area contributed by atoms with Crippen molar-refractivity contribution in [2.75, 3.05) is 0 Å². The first kappa shape index (κ1) is 49.8. The summed E-state index contributed by atoms with van der Waals surface area (Å²) in [5, 5.41) is 4.88. The van der Waals surface area contributed by atoms with Crippen LogP contribution in [-0.2, 0) is 14.1 Å². The fourth-order valence-electron chi connectivity index (χ4n) is 8.53. The number of rotatable bonds is 6. The van der Waals surface area contributed by atoms with Gasteiger partial charge in [-0.2, -0.15) is 0 Å². The van der Waals surface area contributed by atoms with Crippen molar-refractivity contribution in [3.05, 3.63) is 172 Å². The number of hydrogen-bond donors (Lipinski definition) is 4. The molecule has 0 saturated heterocycles. The maximum absolute atomic E-state index is 14.2. The number of hydrogen-bond acceptors (Lipinski definition) is 3. The van der Waals surface area contributed by atoms with Crippen molar-refractivity contribution in [1.82, 2.24) is 14.1 Å². The van der Waals surface area contributed by atoms with Gasteiger partial charge in [0, 0.05) is 89.3 Å². The number of aryl methyl sites for hydroxylation is 5. The summed E-state index contributed by atoms with van der Waals surface area (Å²) in [7, 11) is 3.48. The van der Waals surface area contributed by atoms with E-state index in [4.69, 9.17) is 86.8 Å². The SMILES string of the molecule is Cc1c(C(N)=O)[nH]c2c(-c3ccc(Cl)c(F)c3)cc(Cl)cc12.Cc1c(C(N)=O)n(C)c2c(-c3ccc(Cl)cc3Cl)cc(Cl)cc12.Cc1c(C(N)=O)n(C)c2c(-c3ccc(F)cc3F)cc(Cl)cc12. The van der Waals surface area contributed by atoms with Crippen molar-refractivity contribution in [2.45, 2.75) is 20.8 Å². The second-order valence-corrected chi connectivity index (χ2v) is 18.3. The number of H-pyrrole nitrogens is 1. The minimum absolute atomic E-state index is 0.0440. The van der Waals surface area contributed by atoms with Crippen molar-refractivity contribution in [3.63, 3.8) is 0 Å². The molecule has 9 nitrogen and oxygen atoms in total. The lowest BCUT2D eigenvalue weighted by Gasteiger charge is -2.10. The second-order valence-electron chi connectivity index (χ2n) is 15.7. The third-order valence-corrected chi connectivity index (χ3v) is 13.0. The number of fused-ring (bicyclic) bond motifs is 3. The van der Waals surface area contributed by atoms with Gasteiger partial charge in [-0.1, -0.05) is 81.7 Å². The summed E-state index contributed by atoms with van der Waals surface area (Å²) in [4.78, 5) is 38.0. The highest BCUT2D eigenvalue weighted by molar-refractivity contribution is 6.37. The van der Waals surface area contributed by atoms with Crippen LogP contribution < -0.4 is 17.2 Å². The van der Waals surface area contributed by atoms with Gasteiger partial charge in [0.05, 0.1) is 21.6 Å². The van der Waals surface area contributed by atoms with Crippen LogP contribution >= 0.6 is 69.6 Å². The van der Waals surface area contributed by atoms with Gasteiger partial charge in [0.25, 0.3) is 17.7 Å². The van der Waals surface area contributed by atoms with E-state index in [1.165, 1.54) is 24.3 Å². The first-order valence-corrected chi connectivity index (χ1v) is 22.4. The van der Waals surface area contributed by atoms with Gasteiger partial charge in [0.15, 0.2) is 0 Å². The van der Waals surface area contributed by atoms with Crippen LogP contribution in [0, 0.1) is 38.2 Å². The average molecular weight is 1040 g/mol. The number of carbonyl (C=O) groups is 3. The van der Waals surface area contributed by atoms with E-state index in [9.17, 15) is 27.6 Å². The smallest absolute Gasteiger partial charge is 0.265 e. The molecule has 3 aromatic heterocycles. The topological polar surface area (TPSA) is 155 Å². The summed E-state index contributed by atoms with van der Waals surface area (Å²) in [6.45, 7) is 5.39. The lowest BCUT2D eigenvalue weighted by atomic mass is 10.0. The number of halogens is 9. The molecule has 0 bridgehead atoms. The number of aromatic amines is 1. The molecule has 348 valence electrons. The van der Waals surface area contributed by atoms with E-state index in [0.29, 0.717) is 86.4 Å². The normalized spacial score (nSPS) is 11.1. The first-order valence-electron chi connectivity index (χ1n) is 20.1. The zero-order valence-electron chi connectivity index (χ0n) is 36.4. The van der Waals surface area contributed by atoms with E-state index >= 15 is 0 Å². The van der Waals surface area contributed by atoms with E-state index in [1.54, 1.807) is 79.5 Å². The predicted octanol–water partition coefficient (Wildman–Crippen LogP) is 14.1. The van der Waals surface area contributed by atoms with Crippen LogP contribution in [-0.4, -0.2) is 31.8 Å². The van der Waals surface area contributed by atoms with Crippen molar-refractivity contribution in [2.24, 2.45) is 31.3 Å². The Balaban J connectivity index is 0.000000151. The molecular weight excluding hydrogens is 1000 g/mol. The second kappa shape index (κ2) is 19.5. The monoisotopic (exact) mass is 1040 g/mol. The molecule has 0 saturated carbocycles. The Hall–Kier alpha value is -6.12. The molecule has 0 spiro atoms. The van der Waals surface area contributed by atoms with Gasteiger partial charge in [0.1, 0.15) is 34.5 Å². The highest BCUT2D eigenvalue weighted by Gasteiger charge is 2.23. The highest BCUT2D eigenvalue weighted by Crippen LogP contribution is 2.41. The summed E-state index contributed by atoms with van der Waals surface area (Å²) in [5.41, 5.74) is 25.3. The molecule has 0 radical (unpaired) electrons. The maximum atomic E-state index is 14.2. The van der Waals surface area contributed by atoms with E-state index in [1.807, 2.05) is 25.1 Å². The molecule has 0 aliphatic carbocycles.